The van der Waals surface area contributed by atoms with Crippen molar-refractivity contribution in [3.05, 3.63) is 46.6 Å². The third kappa shape index (κ3) is 4.92. The lowest BCUT2D eigenvalue weighted by molar-refractivity contribution is -0.154. The number of hydrogen-bond donors (Lipinski definition) is 1. The zero-order valence-corrected chi connectivity index (χ0v) is 12.1. The number of benzene rings is 1. The van der Waals surface area contributed by atoms with Gasteiger partial charge in [-0.1, -0.05) is 11.6 Å². The van der Waals surface area contributed by atoms with Crippen molar-refractivity contribution in [2.24, 2.45) is 0 Å². The molecule has 2 rings (SSSR count). The molecule has 10 heteroatoms. The molecule has 0 spiro atoms. The number of halogens is 6. The predicted octanol–water partition coefficient (Wildman–Crippen LogP) is 3.96. The van der Waals surface area contributed by atoms with Gasteiger partial charge in [0.05, 0.1) is 17.9 Å². The van der Waals surface area contributed by atoms with E-state index in [-0.39, 0.29) is 18.1 Å². The van der Waals surface area contributed by atoms with E-state index >= 15 is 0 Å². The Morgan fingerprint density at radius 1 is 1.09 bits per heavy atom. The number of alkyl halides is 3. The van der Waals surface area contributed by atoms with E-state index in [2.05, 4.69) is 20.3 Å². The summed E-state index contributed by atoms with van der Waals surface area (Å²) in [6.07, 6.45) is -4.47. The molecule has 1 heterocycles. The first kappa shape index (κ1) is 17.2. The third-order valence-corrected chi connectivity index (χ3v) is 2.92. The molecule has 0 bridgehead atoms. The highest BCUT2D eigenvalue weighted by Gasteiger charge is 2.28. The largest absolute Gasteiger partial charge is 0.467 e. The number of hydrogen-bond acceptors (Lipinski definition) is 4. The Balaban J connectivity index is 1.95. The molecule has 0 saturated heterocycles. The number of nitrogens with one attached hydrogen (secondary N) is 1. The van der Waals surface area contributed by atoms with Crippen LogP contribution in [-0.2, 0) is 6.54 Å². The highest BCUT2D eigenvalue weighted by Crippen LogP contribution is 2.25. The average Bonchev–Trinajstić information content (AvgIpc) is 2.50. The summed E-state index contributed by atoms with van der Waals surface area (Å²) in [5, 5.41) is 9.07. The van der Waals surface area contributed by atoms with Crippen molar-refractivity contribution >= 4 is 17.3 Å². The van der Waals surface area contributed by atoms with Crippen molar-refractivity contribution < 1.29 is 26.7 Å². The smallest absolute Gasteiger partial charge is 0.422 e. The van der Waals surface area contributed by atoms with Gasteiger partial charge in [-0.2, -0.15) is 18.3 Å². The van der Waals surface area contributed by atoms with E-state index in [0.717, 1.165) is 12.1 Å². The third-order valence-electron chi connectivity index (χ3n) is 2.57. The van der Waals surface area contributed by atoms with Crippen molar-refractivity contribution in [2.45, 2.75) is 12.7 Å². The van der Waals surface area contributed by atoms with Crippen LogP contribution in [0.5, 0.6) is 5.88 Å². The molecule has 2 aromatic rings. The van der Waals surface area contributed by atoms with Crippen LogP contribution >= 0.6 is 11.6 Å². The summed E-state index contributed by atoms with van der Waals surface area (Å²) in [7, 11) is 0. The molecule has 0 fully saturated rings. The molecule has 0 radical (unpaired) electrons. The van der Waals surface area contributed by atoms with E-state index in [0.29, 0.717) is 5.69 Å². The summed E-state index contributed by atoms with van der Waals surface area (Å²) in [6, 6.07) is 4.71. The summed E-state index contributed by atoms with van der Waals surface area (Å²) >= 11 is 5.43. The number of anilines is 1. The van der Waals surface area contributed by atoms with Crippen LogP contribution in [0.2, 0.25) is 5.02 Å². The van der Waals surface area contributed by atoms with Crippen LogP contribution in [0.15, 0.2) is 24.3 Å². The zero-order valence-electron chi connectivity index (χ0n) is 11.3. The maximum atomic E-state index is 13.6. The Labute approximate surface area is 132 Å². The summed E-state index contributed by atoms with van der Waals surface area (Å²) < 4.78 is 67.0. The molecule has 4 nitrogen and oxygen atoms in total. The van der Waals surface area contributed by atoms with E-state index in [1.165, 1.54) is 12.1 Å². The summed E-state index contributed by atoms with van der Waals surface area (Å²) in [5.74, 6) is -2.13. The van der Waals surface area contributed by atoms with Gasteiger partial charge in [-0.05, 0) is 18.2 Å². The lowest BCUT2D eigenvalue weighted by atomic mass is 10.3. The van der Waals surface area contributed by atoms with Crippen LogP contribution in [0.1, 0.15) is 5.69 Å². The monoisotopic (exact) mass is 353 g/mol. The summed E-state index contributed by atoms with van der Waals surface area (Å²) in [5.41, 5.74) is 0.264. The Hall–Kier alpha value is -2.16. The van der Waals surface area contributed by atoms with Crippen molar-refractivity contribution in [2.75, 3.05) is 11.9 Å². The minimum absolute atomic E-state index is 0.00539. The standard InChI is InChI=1S/C13H9ClF5N3O/c14-11-8(15)2-3-9(12(11)16)20-5-7-1-4-10(22-21-7)23-6-13(17,18)19/h1-4,20H,5-6H2. The van der Waals surface area contributed by atoms with E-state index in [4.69, 9.17) is 11.6 Å². The topological polar surface area (TPSA) is 47.0 Å². The highest BCUT2D eigenvalue weighted by atomic mass is 35.5. The van der Waals surface area contributed by atoms with Gasteiger partial charge in [-0.25, -0.2) is 8.78 Å². The van der Waals surface area contributed by atoms with Gasteiger partial charge in [0.1, 0.15) is 10.8 Å². The van der Waals surface area contributed by atoms with E-state index in [9.17, 15) is 22.0 Å². The summed E-state index contributed by atoms with van der Waals surface area (Å²) in [4.78, 5) is 0. The van der Waals surface area contributed by atoms with E-state index < -0.39 is 29.4 Å². The molecule has 0 aliphatic rings. The molecule has 1 aromatic heterocycles. The molecule has 0 unspecified atom stereocenters. The first-order chi connectivity index (χ1) is 10.8. The molecule has 1 aromatic carbocycles. The van der Waals surface area contributed by atoms with Crippen molar-refractivity contribution in [3.63, 3.8) is 0 Å². The molecule has 0 aliphatic heterocycles. The van der Waals surface area contributed by atoms with Crippen LogP contribution < -0.4 is 10.1 Å². The van der Waals surface area contributed by atoms with Gasteiger partial charge in [0.25, 0.3) is 0 Å². The predicted molar refractivity (Wildman–Crippen MR) is 72.3 cm³/mol. The minimum atomic E-state index is -4.47. The molecular formula is C13H9ClF5N3O. The second kappa shape index (κ2) is 6.95. The van der Waals surface area contributed by atoms with Crippen molar-refractivity contribution in [3.8, 4) is 5.88 Å². The minimum Gasteiger partial charge on any atom is -0.467 e. The maximum Gasteiger partial charge on any atom is 0.422 e. The number of nitrogens with zero attached hydrogens (tertiary/aromatic N) is 2. The molecular weight excluding hydrogens is 345 g/mol. The van der Waals surface area contributed by atoms with Gasteiger partial charge in [0.2, 0.25) is 5.88 Å². The average molecular weight is 354 g/mol. The Kier molecular flexibility index (Phi) is 5.19. The van der Waals surface area contributed by atoms with Crippen LogP contribution in [0, 0.1) is 11.6 Å². The fourth-order valence-electron chi connectivity index (χ4n) is 1.52. The maximum absolute atomic E-state index is 13.6. The second-order valence-corrected chi connectivity index (χ2v) is 4.72. The quantitative estimate of drug-likeness (QED) is 0.653. The SMILES string of the molecule is Fc1ccc(NCc2ccc(OCC(F)(F)F)nn2)c(F)c1Cl. The Morgan fingerprint density at radius 3 is 2.43 bits per heavy atom. The normalized spacial score (nSPS) is 11.4. The molecule has 0 amide bonds. The van der Waals surface area contributed by atoms with Gasteiger partial charge in [-0.15, -0.1) is 5.10 Å². The lowest BCUT2D eigenvalue weighted by Gasteiger charge is -2.09. The Bertz CT molecular complexity index is 679. The zero-order chi connectivity index (χ0) is 17.0. The first-order valence-electron chi connectivity index (χ1n) is 6.16. The fourth-order valence-corrected chi connectivity index (χ4v) is 1.69. The number of ether oxygens (including phenoxy) is 1. The lowest BCUT2D eigenvalue weighted by Crippen LogP contribution is -2.19. The Morgan fingerprint density at radius 2 is 1.83 bits per heavy atom. The molecule has 23 heavy (non-hydrogen) atoms. The first-order valence-corrected chi connectivity index (χ1v) is 6.53. The van der Waals surface area contributed by atoms with Gasteiger partial charge in [0.15, 0.2) is 12.4 Å². The van der Waals surface area contributed by atoms with Crippen LogP contribution in [0.3, 0.4) is 0 Å². The van der Waals surface area contributed by atoms with Gasteiger partial charge in [0, 0.05) is 6.07 Å². The van der Waals surface area contributed by atoms with E-state index in [1.807, 2.05) is 0 Å². The van der Waals surface area contributed by atoms with Crippen LogP contribution in [0.25, 0.3) is 0 Å². The molecule has 0 aliphatic carbocycles. The number of aromatic nitrogens is 2. The summed E-state index contributed by atoms with van der Waals surface area (Å²) in [6.45, 7) is -1.47. The van der Waals surface area contributed by atoms with E-state index in [1.54, 1.807) is 0 Å². The second-order valence-electron chi connectivity index (χ2n) is 4.34. The van der Waals surface area contributed by atoms with Crippen LogP contribution in [-0.4, -0.2) is 23.0 Å². The van der Waals surface area contributed by atoms with Gasteiger partial charge < -0.3 is 10.1 Å². The molecule has 0 saturated carbocycles. The van der Waals surface area contributed by atoms with Crippen LogP contribution in [0.4, 0.5) is 27.6 Å². The molecule has 124 valence electrons. The fraction of sp³-hybridized carbons (Fsp3) is 0.231. The van der Waals surface area contributed by atoms with Gasteiger partial charge in [-0.3, -0.25) is 0 Å². The number of rotatable bonds is 5. The van der Waals surface area contributed by atoms with Gasteiger partial charge >= 0.3 is 6.18 Å². The molecule has 0 atom stereocenters. The van der Waals surface area contributed by atoms with Crippen molar-refractivity contribution in [1.29, 1.82) is 0 Å². The molecule has 1 N–H and O–H groups in total. The highest BCUT2D eigenvalue weighted by molar-refractivity contribution is 6.31. The van der Waals surface area contributed by atoms with Crippen molar-refractivity contribution in [1.82, 2.24) is 10.2 Å².